The van der Waals surface area contributed by atoms with Crippen LogP contribution in [0.2, 0.25) is 0 Å². The van der Waals surface area contributed by atoms with Gasteiger partial charge >= 0.3 is 0 Å². The van der Waals surface area contributed by atoms with Gasteiger partial charge in [-0.2, -0.15) is 0 Å². The molecule has 0 unspecified atom stereocenters. The van der Waals surface area contributed by atoms with Gasteiger partial charge in [-0.1, -0.05) is 43.3 Å². The van der Waals surface area contributed by atoms with E-state index in [-0.39, 0.29) is 11.0 Å². The topological polar surface area (TPSA) is 54.0 Å². The quantitative estimate of drug-likeness (QED) is 0.391. The maximum atomic E-state index is 12.5. The molecule has 30 heavy (non-hydrogen) atoms. The number of aromatic nitrogens is 1. The predicted molar refractivity (Wildman–Crippen MR) is 129 cm³/mol. The average Bonchev–Trinajstić information content (AvgIpc) is 3.19. The van der Waals surface area contributed by atoms with E-state index in [0.29, 0.717) is 5.56 Å². The van der Waals surface area contributed by atoms with Crippen molar-refractivity contribution in [1.82, 2.24) is 10.3 Å². The van der Waals surface area contributed by atoms with Gasteiger partial charge in [0, 0.05) is 16.8 Å². The van der Waals surface area contributed by atoms with Gasteiger partial charge < -0.3 is 5.32 Å². The van der Waals surface area contributed by atoms with Crippen LogP contribution in [0.4, 0.5) is 5.69 Å². The Morgan fingerprint density at radius 1 is 1.03 bits per heavy atom. The van der Waals surface area contributed by atoms with Crippen LogP contribution in [0.3, 0.4) is 0 Å². The number of hydrogen-bond acceptors (Lipinski definition) is 4. The molecule has 4 nitrogen and oxygen atoms in total. The molecule has 0 atom stereocenters. The number of amides is 1. The van der Waals surface area contributed by atoms with Crippen molar-refractivity contribution in [3.63, 3.8) is 0 Å². The third-order valence-corrected chi connectivity index (χ3v) is 6.23. The molecule has 4 rings (SSSR count). The summed E-state index contributed by atoms with van der Waals surface area (Å²) in [6.45, 7) is 4.11. The van der Waals surface area contributed by atoms with E-state index in [1.165, 1.54) is 5.56 Å². The van der Waals surface area contributed by atoms with Gasteiger partial charge in [-0.25, -0.2) is 4.98 Å². The number of carbonyl (C=O) groups excluding carboxylic acids is 1. The molecule has 0 radical (unpaired) electrons. The molecule has 0 aliphatic carbocycles. The Bertz CT molecular complexity index is 1200. The molecule has 0 fully saturated rings. The van der Waals surface area contributed by atoms with Crippen LogP contribution in [0.5, 0.6) is 0 Å². The molecule has 2 N–H and O–H groups in total. The maximum Gasteiger partial charge on any atom is 0.257 e. The minimum Gasteiger partial charge on any atom is -0.332 e. The highest BCUT2D eigenvalue weighted by atomic mass is 32.1. The molecule has 150 valence electrons. The molecule has 0 spiro atoms. The summed E-state index contributed by atoms with van der Waals surface area (Å²) in [6, 6.07) is 21.6. The number of rotatable bonds is 4. The molecule has 4 aromatic rings. The van der Waals surface area contributed by atoms with Crippen LogP contribution < -0.4 is 10.6 Å². The third kappa shape index (κ3) is 4.25. The molecule has 1 amide bonds. The standard InChI is InChI=1S/C24H21N3OS2/c1-3-16-11-13-17(14-12-16)22(28)27-24(29)26-19-9-6-7-18(15(19)2)23-25-20-8-4-5-10-21(20)30-23/h4-14H,3H2,1-2H3,(H2,26,27,28,29). The number of nitrogens with zero attached hydrogens (tertiary/aromatic N) is 1. The Morgan fingerprint density at radius 3 is 2.53 bits per heavy atom. The minimum atomic E-state index is -0.227. The zero-order valence-corrected chi connectivity index (χ0v) is 18.4. The first-order valence-electron chi connectivity index (χ1n) is 9.72. The Labute approximate surface area is 185 Å². The number of carbonyl (C=O) groups is 1. The molecule has 0 aliphatic rings. The van der Waals surface area contributed by atoms with E-state index in [1.807, 2.05) is 61.5 Å². The fourth-order valence-corrected chi connectivity index (χ4v) is 4.46. The first kappa shape index (κ1) is 20.2. The summed E-state index contributed by atoms with van der Waals surface area (Å²) in [6.07, 6.45) is 0.937. The number of para-hydroxylation sites is 1. The fraction of sp³-hybridized carbons (Fsp3) is 0.125. The lowest BCUT2D eigenvalue weighted by molar-refractivity contribution is 0.0977. The maximum absolute atomic E-state index is 12.5. The lowest BCUT2D eigenvalue weighted by atomic mass is 10.1. The normalized spacial score (nSPS) is 10.7. The number of benzene rings is 3. The van der Waals surface area contributed by atoms with Gasteiger partial charge in [0.05, 0.1) is 10.2 Å². The van der Waals surface area contributed by atoms with Crippen molar-refractivity contribution < 1.29 is 4.79 Å². The van der Waals surface area contributed by atoms with Crippen LogP contribution >= 0.6 is 23.6 Å². The van der Waals surface area contributed by atoms with Gasteiger partial charge in [0.2, 0.25) is 0 Å². The molecule has 6 heteroatoms. The van der Waals surface area contributed by atoms with Gasteiger partial charge in [-0.15, -0.1) is 11.3 Å². The molecule has 0 aliphatic heterocycles. The van der Waals surface area contributed by atoms with Crippen LogP contribution in [-0.4, -0.2) is 16.0 Å². The number of nitrogens with one attached hydrogen (secondary N) is 2. The van der Waals surface area contributed by atoms with E-state index in [2.05, 4.69) is 29.7 Å². The summed E-state index contributed by atoms with van der Waals surface area (Å²) >= 11 is 7.04. The lowest BCUT2D eigenvalue weighted by Crippen LogP contribution is -2.34. The highest BCUT2D eigenvalue weighted by molar-refractivity contribution is 7.80. The van der Waals surface area contributed by atoms with Crippen molar-refractivity contribution in [2.45, 2.75) is 20.3 Å². The summed E-state index contributed by atoms with van der Waals surface area (Å²) in [7, 11) is 0. The molecular weight excluding hydrogens is 410 g/mol. The molecule has 1 heterocycles. The second kappa shape index (κ2) is 8.73. The number of thiocarbonyl (C=S) groups is 1. The van der Waals surface area contributed by atoms with E-state index in [9.17, 15) is 4.79 Å². The smallest absolute Gasteiger partial charge is 0.257 e. The van der Waals surface area contributed by atoms with Crippen molar-refractivity contribution in [1.29, 1.82) is 0 Å². The Kier molecular flexibility index (Phi) is 5.88. The predicted octanol–water partition coefficient (Wildman–Crippen LogP) is 5.96. The summed E-state index contributed by atoms with van der Waals surface area (Å²) in [5.41, 5.74) is 5.68. The molecule has 1 aromatic heterocycles. The summed E-state index contributed by atoms with van der Waals surface area (Å²) in [5.74, 6) is -0.227. The first-order valence-corrected chi connectivity index (χ1v) is 10.9. The van der Waals surface area contributed by atoms with Crippen LogP contribution in [-0.2, 0) is 6.42 Å². The summed E-state index contributed by atoms with van der Waals surface area (Å²) in [5, 5.41) is 7.14. The summed E-state index contributed by atoms with van der Waals surface area (Å²) < 4.78 is 1.15. The largest absolute Gasteiger partial charge is 0.332 e. The molecule has 3 aromatic carbocycles. The number of aryl methyl sites for hydroxylation is 1. The van der Waals surface area contributed by atoms with Crippen molar-refractivity contribution in [2.75, 3.05) is 5.32 Å². The first-order chi connectivity index (χ1) is 14.5. The third-order valence-electron chi connectivity index (χ3n) is 4.96. The fourth-order valence-electron chi connectivity index (χ4n) is 3.21. The van der Waals surface area contributed by atoms with Crippen molar-refractivity contribution in [3.8, 4) is 10.6 Å². The second-order valence-electron chi connectivity index (χ2n) is 6.92. The average molecular weight is 432 g/mol. The van der Waals surface area contributed by atoms with Gasteiger partial charge in [0.25, 0.3) is 5.91 Å². The van der Waals surface area contributed by atoms with E-state index < -0.39 is 0 Å². The number of fused-ring (bicyclic) bond motifs is 1. The van der Waals surface area contributed by atoms with E-state index in [4.69, 9.17) is 17.2 Å². The van der Waals surface area contributed by atoms with Crippen molar-refractivity contribution >= 4 is 50.5 Å². The van der Waals surface area contributed by atoms with Crippen LogP contribution in [0, 0.1) is 6.92 Å². The molecule has 0 saturated heterocycles. The highest BCUT2D eigenvalue weighted by Crippen LogP contribution is 2.34. The van der Waals surface area contributed by atoms with Crippen molar-refractivity contribution in [2.24, 2.45) is 0 Å². The SMILES string of the molecule is CCc1ccc(C(=O)NC(=S)Nc2cccc(-c3nc4ccccc4s3)c2C)cc1. The highest BCUT2D eigenvalue weighted by Gasteiger charge is 2.13. The molecule has 0 bridgehead atoms. The van der Waals surface area contributed by atoms with Gasteiger partial charge in [0.15, 0.2) is 5.11 Å². The Balaban J connectivity index is 1.51. The second-order valence-corrected chi connectivity index (χ2v) is 8.36. The molecule has 0 saturated carbocycles. The van der Waals surface area contributed by atoms with E-state index in [0.717, 1.165) is 38.5 Å². The number of hydrogen-bond donors (Lipinski definition) is 2. The van der Waals surface area contributed by atoms with Crippen LogP contribution in [0.25, 0.3) is 20.8 Å². The Morgan fingerprint density at radius 2 is 1.80 bits per heavy atom. The van der Waals surface area contributed by atoms with E-state index >= 15 is 0 Å². The zero-order valence-electron chi connectivity index (χ0n) is 16.7. The van der Waals surface area contributed by atoms with Crippen LogP contribution in [0.15, 0.2) is 66.7 Å². The van der Waals surface area contributed by atoms with Crippen molar-refractivity contribution in [3.05, 3.63) is 83.4 Å². The van der Waals surface area contributed by atoms with Crippen LogP contribution in [0.1, 0.15) is 28.4 Å². The number of thiazole rings is 1. The molecular formula is C24H21N3OS2. The van der Waals surface area contributed by atoms with Gasteiger partial charge in [-0.3, -0.25) is 10.1 Å². The lowest BCUT2D eigenvalue weighted by Gasteiger charge is -2.14. The summed E-state index contributed by atoms with van der Waals surface area (Å²) in [4.78, 5) is 17.2. The zero-order chi connectivity index (χ0) is 21.1. The Hall–Kier alpha value is -3.09. The van der Waals surface area contributed by atoms with Gasteiger partial charge in [-0.05, 0) is 67.0 Å². The number of anilines is 1. The monoisotopic (exact) mass is 431 g/mol. The minimum absolute atomic E-state index is 0.227. The van der Waals surface area contributed by atoms with Gasteiger partial charge in [0.1, 0.15) is 5.01 Å². The van der Waals surface area contributed by atoms with E-state index in [1.54, 1.807) is 11.3 Å².